The highest BCUT2D eigenvalue weighted by Gasteiger charge is 2.35. The van der Waals surface area contributed by atoms with Crippen LogP contribution in [0, 0.1) is 0 Å². The van der Waals surface area contributed by atoms with E-state index in [-0.39, 0.29) is 59.3 Å². The van der Waals surface area contributed by atoms with Crippen LogP contribution in [0.5, 0.6) is 0 Å². The quantitative estimate of drug-likeness (QED) is 0.0317. The van der Waals surface area contributed by atoms with Crippen LogP contribution in [0.4, 0.5) is 9.59 Å². The fourth-order valence-corrected chi connectivity index (χ4v) is 5.84. The first-order chi connectivity index (χ1) is 30.8. The summed E-state index contributed by atoms with van der Waals surface area (Å²) in [5, 5.41) is 116. The summed E-state index contributed by atoms with van der Waals surface area (Å²) < 4.78 is 34.5. The Morgan fingerprint density at radius 2 is 0.954 bits per heavy atom. The number of nitrogens with zero attached hydrogens (tertiary/aromatic N) is 1. The summed E-state index contributed by atoms with van der Waals surface area (Å²) in [6.07, 6.45) is -19.5. The zero-order chi connectivity index (χ0) is 48.4. The van der Waals surface area contributed by atoms with Gasteiger partial charge in [-0.2, -0.15) is 0 Å². The van der Waals surface area contributed by atoms with Crippen LogP contribution in [-0.4, -0.2) is 225 Å². The third-order valence-corrected chi connectivity index (χ3v) is 9.35. The smallest absolute Gasteiger partial charge is 0.407 e. The van der Waals surface area contributed by atoms with E-state index in [1.54, 1.807) is 20.8 Å². The van der Waals surface area contributed by atoms with Gasteiger partial charge in [0, 0.05) is 32.7 Å². The Balaban J connectivity index is 2.08. The average molecular weight is 934 g/mol. The van der Waals surface area contributed by atoms with Gasteiger partial charge in [0.1, 0.15) is 61.0 Å². The predicted molar refractivity (Wildman–Crippen MR) is 230 cm³/mol. The van der Waals surface area contributed by atoms with Gasteiger partial charge in [0.25, 0.3) is 0 Å². The van der Waals surface area contributed by atoms with Crippen LogP contribution in [0.3, 0.4) is 0 Å². The second kappa shape index (κ2) is 31.3. The van der Waals surface area contributed by atoms with Gasteiger partial charge >= 0.3 is 12.2 Å². The number of benzene rings is 2. The lowest BCUT2D eigenvalue weighted by Gasteiger charge is -2.34. The number of carbonyl (C=O) groups is 2. The molecule has 11 atom stereocenters. The number of amides is 2. The number of aliphatic hydroxyl groups is 11. The van der Waals surface area contributed by atoms with Crippen molar-refractivity contribution in [1.82, 2.24) is 15.5 Å². The van der Waals surface area contributed by atoms with E-state index in [2.05, 4.69) is 10.6 Å². The summed E-state index contributed by atoms with van der Waals surface area (Å²) >= 11 is 0. The summed E-state index contributed by atoms with van der Waals surface area (Å²) in [6, 6.07) is 18.5. The molecule has 0 radical (unpaired) electrons. The first-order valence-corrected chi connectivity index (χ1v) is 21.2. The van der Waals surface area contributed by atoms with Crippen molar-refractivity contribution < 1.29 is 94.2 Å². The minimum Gasteiger partial charge on any atom is -0.447 e. The summed E-state index contributed by atoms with van der Waals surface area (Å²) in [5.41, 5.74) is 1.02. The van der Waals surface area contributed by atoms with E-state index in [9.17, 15) is 55.5 Å². The molecule has 372 valence electrons. The lowest BCUT2D eigenvalue weighted by atomic mass is 10.0. The van der Waals surface area contributed by atoms with Gasteiger partial charge in [-0.1, -0.05) is 60.7 Å². The van der Waals surface area contributed by atoms with Crippen molar-refractivity contribution in [2.45, 2.75) is 107 Å². The first-order valence-electron chi connectivity index (χ1n) is 21.2. The Bertz CT molecular complexity index is 1520. The van der Waals surface area contributed by atoms with Gasteiger partial charge in [-0.15, -0.1) is 0 Å². The third kappa shape index (κ3) is 24.6. The van der Waals surface area contributed by atoms with Crippen LogP contribution >= 0.6 is 0 Å². The van der Waals surface area contributed by atoms with Crippen LogP contribution in [-0.2, 0) is 41.6 Å². The third-order valence-electron chi connectivity index (χ3n) is 9.35. The molecule has 0 aliphatic heterocycles. The Kier molecular flexibility index (Phi) is 27.7. The molecule has 0 heterocycles. The van der Waals surface area contributed by atoms with Gasteiger partial charge in [0.05, 0.1) is 71.2 Å². The number of ether oxygens (including phenoxy) is 6. The Labute approximate surface area is 378 Å². The molecule has 0 spiro atoms. The topological polar surface area (TPSA) is 339 Å². The fourth-order valence-electron chi connectivity index (χ4n) is 5.84. The molecular weight excluding hydrogens is 862 g/mol. The van der Waals surface area contributed by atoms with Gasteiger partial charge in [0.15, 0.2) is 0 Å². The van der Waals surface area contributed by atoms with Gasteiger partial charge in [-0.25, -0.2) is 9.59 Å². The molecule has 0 fully saturated rings. The molecule has 0 aromatic heterocycles. The summed E-state index contributed by atoms with van der Waals surface area (Å²) in [4.78, 5) is 25.5. The second-order valence-corrected chi connectivity index (χ2v) is 16.3. The second-order valence-electron chi connectivity index (χ2n) is 16.3. The molecule has 3 unspecified atom stereocenters. The normalized spacial score (nSPS) is 17.2. The van der Waals surface area contributed by atoms with Gasteiger partial charge in [0.2, 0.25) is 0 Å². The van der Waals surface area contributed by atoms with E-state index in [1.807, 2.05) is 60.7 Å². The largest absolute Gasteiger partial charge is 0.447 e. The van der Waals surface area contributed by atoms with E-state index in [0.29, 0.717) is 0 Å². The van der Waals surface area contributed by atoms with E-state index in [0.717, 1.165) is 16.0 Å². The maximum atomic E-state index is 12.5. The summed E-state index contributed by atoms with van der Waals surface area (Å²) in [5.74, 6) is 0. The molecule has 22 nitrogen and oxygen atoms in total. The minimum absolute atomic E-state index is 0.0546. The van der Waals surface area contributed by atoms with E-state index in [1.165, 1.54) is 0 Å². The maximum Gasteiger partial charge on any atom is 0.407 e. The number of nitrogens with one attached hydrogen (secondary N) is 2. The summed E-state index contributed by atoms with van der Waals surface area (Å²) in [7, 11) is 0. The average Bonchev–Trinajstić information content (AvgIpc) is 3.28. The lowest BCUT2D eigenvalue weighted by Crippen LogP contribution is -2.54. The van der Waals surface area contributed by atoms with E-state index in [4.69, 9.17) is 38.6 Å². The molecule has 0 saturated heterocycles. The molecule has 2 amide bonds. The van der Waals surface area contributed by atoms with Gasteiger partial charge in [-0.05, 0) is 31.9 Å². The minimum atomic E-state index is -2.01. The number of alkyl carbamates (subject to hydrolysis) is 2. The van der Waals surface area contributed by atoms with Crippen molar-refractivity contribution in [3.63, 3.8) is 0 Å². The van der Waals surface area contributed by atoms with Crippen LogP contribution in [0.25, 0.3) is 0 Å². The molecule has 2 rings (SSSR count). The highest BCUT2D eigenvalue weighted by Crippen LogP contribution is 2.13. The van der Waals surface area contributed by atoms with Crippen LogP contribution < -0.4 is 10.6 Å². The number of hydrogen-bond acceptors (Lipinski definition) is 20. The van der Waals surface area contributed by atoms with Crippen LogP contribution in [0.2, 0.25) is 0 Å². The number of carbonyl (C=O) groups excluding carboxylic acids is 2. The number of rotatable bonds is 33. The molecule has 65 heavy (non-hydrogen) atoms. The molecule has 0 saturated carbocycles. The van der Waals surface area contributed by atoms with Crippen molar-refractivity contribution in [3.8, 4) is 0 Å². The maximum absolute atomic E-state index is 12.5. The predicted octanol–water partition coefficient (Wildman–Crippen LogP) is -3.02. The zero-order valence-electron chi connectivity index (χ0n) is 37.2. The summed E-state index contributed by atoms with van der Waals surface area (Å²) in [6.45, 7) is 1.42. The van der Waals surface area contributed by atoms with Crippen LogP contribution in [0.1, 0.15) is 31.9 Å². The van der Waals surface area contributed by atoms with Crippen molar-refractivity contribution >= 4 is 12.2 Å². The SMILES string of the molecule is CC(C)(C)OC(=O)NCCNC(=O)OCC(COCC(COCC(O)CN(C[C@H](O)[C@@H](O)[C@H](O)[C@H](O)CO)C[C@H](O)[C@@H](O)[C@H](O)[C@H](O)CO)OCc1ccccc1)OCc1ccccc1. The van der Waals surface area contributed by atoms with Crippen molar-refractivity contribution in [1.29, 1.82) is 0 Å². The molecule has 2 aromatic carbocycles. The lowest BCUT2D eigenvalue weighted by molar-refractivity contribution is -0.133. The molecular formula is C43H71N3O19. The monoisotopic (exact) mass is 933 g/mol. The molecule has 2 aromatic rings. The van der Waals surface area contributed by atoms with Crippen molar-refractivity contribution in [2.75, 3.05) is 79.0 Å². The molecule has 13 N–H and O–H groups in total. The molecule has 0 aliphatic rings. The number of hydrogen-bond donors (Lipinski definition) is 13. The molecule has 22 heteroatoms. The molecule has 0 aliphatic carbocycles. The Morgan fingerprint density at radius 3 is 1.38 bits per heavy atom. The highest BCUT2D eigenvalue weighted by atomic mass is 16.6. The van der Waals surface area contributed by atoms with Crippen molar-refractivity contribution in [2.24, 2.45) is 0 Å². The molecule has 0 bridgehead atoms. The van der Waals surface area contributed by atoms with E-state index < -0.39 is 118 Å². The van der Waals surface area contributed by atoms with Crippen LogP contribution in [0.15, 0.2) is 60.7 Å². The van der Waals surface area contributed by atoms with E-state index >= 15 is 0 Å². The fraction of sp³-hybridized carbons (Fsp3) is 0.674. The first kappa shape index (κ1) is 57.5. The van der Waals surface area contributed by atoms with Gasteiger partial charge in [-0.3, -0.25) is 4.90 Å². The number of aliphatic hydroxyl groups excluding tert-OH is 11. The van der Waals surface area contributed by atoms with Crippen molar-refractivity contribution in [3.05, 3.63) is 71.8 Å². The Hall–Kier alpha value is -3.66. The Morgan fingerprint density at radius 1 is 0.554 bits per heavy atom. The standard InChI is InChI=1S/C43H71N3O19/c1-43(2,3)65-42(59)45-15-14-44-41(58)64-27-32(63-22-29-12-8-5-9-13-29)26-61-25-31(62-21-28-10-6-4-7-11-28)24-60-23-30(49)16-46(17-33(50)37(54)39(56)35(52)19-47)18-34(51)38(55)40(57)36(53)20-48/h4-13,30-40,47-57H,14-27H2,1-3H3,(H,44,58)(H,45,59)/t30?,31?,32?,33-,34-,35+,36+,37+,38+,39+,40+/m0/s1. The highest BCUT2D eigenvalue weighted by molar-refractivity contribution is 5.68. The zero-order valence-corrected chi connectivity index (χ0v) is 37.2. The van der Waals surface area contributed by atoms with Gasteiger partial charge < -0.3 is 95.2 Å².